The van der Waals surface area contributed by atoms with Crippen LogP contribution in [0.4, 0.5) is 4.39 Å². The average Bonchev–Trinajstić information content (AvgIpc) is 2.67. The Hall–Kier alpha value is -0.930. The maximum Gasteiger partial charge on any atom is 0.169 e. The first-order valence-electron chi connectivity index (χ1n) is 6.63. The lowest BCUT2D eigenvalue weighted by molar-refractivity contribution is -0.192. The zero-order chi connectivity index (χ0) is 12.6. The molecule has 0 unspecified atom stereocenters. The van der Waals surface area contributed by atoms with Crippen molar-refractivity contribution in [1.82, 2.24) is 0 Å². The molecule has 3 heteroatoms. The SMILES string of the molecule is [CH2][C@H]1OC2(CCCCC2)O[C@@H]1c1ccccc1F. The molecule has 1 radical (unpaired) electrons. The highest BCUT2D eigenvalue weighted by molar-refractivity contribution is 5.22. The van der Waals surface area contributed by atoms with Crippen LogP contribution in [0.5, 0.6) is 0 Å². The standard InChI is InChI=1S/C15H18FO2/c1-11-14(12-7-3-4-8-13(12)16)18-15(17-11)9-5-2-6-10-15/h3-4,7-8,11,14H,1-2,5-6,9-10H2/t11-,14+/m1/s1. The van der Waals surface area contributed by atoms with Crippen LogP contribution in [0.3, 0.4) is 0 Å². The minimum Gasteiger partial charge on any atom is -0.344 e. The van der Waals surface area contributed by atoms with Crippen LogP contribution in [0.15, 0.2) is 24.3 Å². The quantitative estimate of drug-likeness (QED) is 0.754. The van der Waals surface area contributed by atoms with Crippen molar-refractivity contribution in [3.05, 3.63) is 42.6 Å². The van der Waals surface area contributed by atoms with Crippen LogP contribution in [0.2, 0.25) is 0 Å². The fourth-order valence-electron chi connectivity index (χ4n) is 2.97. The van der Waals surface area contributed by atoms with Gasteiger partial charge in [0.1, 0.15) is 11.9 Å². The second kappa shape index (κ2) is 4.63. The lowest BCUT2D eigenvalue weighted by atomic mass is 9.94. The second-order valence-electron chi connectivity index (χ2n) is 5.19. The molecule has 3 rings (SSSR count). The van der Waals surface area contributed by atoms with Gasteiger partial charge in [0.05, 0.1) is 6.10 Å². The van der Waals surface area contributed by atoms with Crippen molar-refractivity contribution in [2.45, 2.75) is 50.1 Å². The van der Waals surface area contributed by atoms with E-state index in [-0.39, 0.29) is 18.0 Å². The fraction of sp³-hybridized carbons (Fsp3) is 0.533. The predicted molar refractivity (Wildman–Crippen MR) is 66.3 cm³/mol. The van der Waals surface area contributed by atoms with Gasteiger partial charge in [-0.05, 0) is 25.8 Å². The monoisotopic (exact) mass is 249 g/mol. The topological polar surface area (TPSA) is 18.5 Å². The van der Waals surface area contributed by atoms with Crippen LogP contribution in [-0.2, 0) is 9.47 Å². The van der Waals surface area contributed by atoms with Crippen molar-refractivity contribution in [2.24, 2.45) is 0 Å². The van der Waals surface area contributed by atoms with Crippen LogP contribution in [-0.4, -0.2) is 11.9 Å². The molecule has 2 fully saturated rings. The Labute approximate surface area is 107 Å². The molecule has 0 bridgehead atoms. The summed E-state index contributed by atoms with van der Waals surface area (Å²) in [5.41, 5.74) is 0.556. The summed E-state index contributed by atoms with van der Waals surface area (Å²) in [6.45, 7) is 3.97. The summed E-state index contributed by atoms with van der Waals surface area (Å²) in [6, 6.07) is 6.71. The van der Waals surface area contributed by atoms with Gasteiger partial charge in [0.2, 0.25) is 0 Å². The normalized spacial score (nSPS) is 30.8. The summed E-state index contributed by atoms with van der Waals surface area (Å²) in [5, 5.41) is 0. The molecule has 1 aromatic carbocycles. The number of rotatable bonds is 1. The van der Waals surface area contributed by atoms with E-state index in [1.54, 1.807) is 12.1 Å². The molecule has 18 heavy (non-hydrogen) atoms. The molecule has 2 atom stereocenters. The molecule has 1 aliphatic carbocycles. The van der Waals surface area contributed by atoms with E-state index in [2.05, 4.69) is 6.92 Å². The van der Waals surface area contributed by atoms with Gasteiger partial charge in [-0.2, -0.15) is 0 Å². The van der Waals surface area contributed by atoms with Crippen molar-refractivity contribution in [2.75, 3.05) is 0 Å². The molecule has 1 saturated carbocycles. The minimum absolute atomic E-state index is 0.243. The van der Waals surface area contributed by atoms with E-state index in [0.29, 0.717) is 5.56 Å². The van der Waals surface area contributed by atoms with Crippen LogP contribution < -0.4 is 0 Å². The molecule has 2 aliphatic rings. The molecule has 1 aliphatic heterocycles. The van der Waals surface area contributed by atoms with Gasteiger partial charge in [0.15, 0.2) is 5.79 Å². The van der Waals surface area contributed by atoms with Crippen molar-refractivity contribution in [3.8, 4) is 0 Å². The molecule has 2 nitrogen and oxygen atoms in total. The van der Waals surface area contributed by atoms with E-state index >= 15 is 0 Å². The van der Waals surface area contributed by atoms with E-state index in [9.17, 15) is 4.39 Å². The molecule has 0 amide bonds. The lowest BCUT2D eigenvalue weighted by Gasteiger charge is -2.31. The number of hydrogen-bond acceptors (Lipinski definition) is 2. The van der Waals surface area contributed by atoms with E-state index < -0.39 is 5.79 Å². The second-order valence-corrected chi connectivity index (χ2v) is 5.19. The Bertz CT molecular complexity index is 426. The third-order valence-corrected chi connectivity index (χ3v) is 3.87. The average molecular weight is 249 g/mol. The van der Waals surface area contributed by atoms with Crippen LogP contribution >= 0.6 is 0 Å². The summed E-state index contributed by atoms with van der Waals surface area (Å²) in [7, 11) is 0. The van der Waals surface area contributed by atoms with Gasteiger partial charge in [-0.1, -0.05) is 24.6 Å². The highest BCUT2D eigenvalue weighted by Crippen LogP contribution is 2.46. The minimum atomic E-state index is -0.516. The molecule has 1 saturated heterocycles. The first kappa shape index (κ1) is 12.1. The number of hydrogen-bond donors (Lipinski definition) is 0. The van der Waals surface area contributed by atoms with Crippen LogP contribution in [0, 0.1) is 12.7 Å². The van der Waals surface area contributed by atoms with E-state index in [1.165, 1.54) is 12.5 Å². The smallest absolute Gasteiger partial charge is 0.169 e. The number of benzene rings is 1. The van der Waals surface area contributed by atoms with E-state index in [0.717, 1.165) is 25.7 Å². The first-order chi connectivity index (χ1) is 8.70. The van der Waals surface area contributed by atoms with Crippen LogP contribution in [0.1, 0.15) is 43.8 Å². The zero-order valence-corrected chi connectivity index (χ0v) is 10.4. The lowest BCUT2D eigenvalue weighted by Crippen LogP contribution is -2.33. The van der Waals surface area contributed by atoms with Gasteiger partial charge in [0.25, 0.3) is 0 Å². The third kappa shape index (κ3) is 2.06. The third-order valence-electron chi connectivity index (χ3n) is 3.87. The molecule has 1 aromatic rings. The summed E-state index contributed by atoms with van der Waals surface area (Å²) in [5.74, 6) is -0.759. The molecule has 0 aromatic heterocycles. The molecule has 97 valence electrons. The molecular formula is C15H18FO2. The summed E-state index contributed by atoms with van der Waals surface area (Å²) in [6.07, 6.45) is 4.51. The summed E-state index contributed by atoms with van der Waals surface area (Å²) < 4.78 is 25.8. The molecule has 1 spiro atoms. The van der Waals surface area contributed by atoms with Crippen molar-refractivity contribution in [3.63, 3.8) is 0 Å². The van der Waals surface area contributed by atoms with Crippen molar-refractivity contribution < 1.29 is 13.9 Å². The van der Waals surface area contributed by atoms with Crippen molar-refractivity contribution in [1.29, 1.82) is 0 Å². The van der Waals surface area contributed by atoms with Gasteiger partial charge in [-0.3, -0.25) is 0 Å². The first-order valence-corrected chi connectivity index (χ1v) is 6.63. The Morgan fingerprint density at radius 1 is 1.11 bits per heavy atom. The number of ether oxygens (including phenoxy) is 2. The highest BCUT2D eigenvalue weighted by atomic mass is 19.1. The maximum absolute atomic E-state index is 13.8. The summed E-state index contributed by atoms with van der Waals surface area (Å²) in [4.78, 5) is 0. The van der Waals surface area contributed by atoms with Gasteiger partial charge in [0, 0.05) is 18.4 Å². The molecule has 0 N–H and O–H groups in total. The zero-order valence-electron chi connectivity index (χ0n) is 10.4. The van der Waals surface area contributed by atoms with E-state index in [4.69, 9.17) is 9.47 Å². The summed E-state index contributed by atoms with van der Waals surface area (Å²) >= 11 is 0. The van der Waals surface area contributed by atoms with Crippen molar-refractivity contribution >= 4 is 0 Å². The Kier molecular flexibility index (Phi) is 3.12. The molecular weight excluding hydrogens is 231 g/mol. The van der Waals surface area contributed by atoms with Gasteiger partial charge >= 0.3 is 0 Å². The van der Waals surface area contributed by atoms with Crippen LogP contribution in [0.25, 0.3) is 0 Å². The predicted octanol–water partition coefficient (Wildman–Crippen LogP) is 3.78. The van der Waals surface area contributed by atoms with E-state index in [1.807, 2.05) is 6.07 Å². The highest BCUT2D eigenvalue weighted by Gasteiger charge is 2.47. The Balaban J connectivity index is 1.84. The van der Waals surface area contributed by atoms with Gasteiger partial charge in [-0.15, -0.1) is 0 Å². The Morgan fingerprint density at radius 3 is 2.56 bits per heavy atom. The fourth-order valence-corrected chi connectivity index (χ4v) is 2.97. The largest absolute Gasteiger partial charge is 0.344 e. The molecule has 1 heterocycles. The maximum atomic E-state index is 13.8. The van der Waals surface area contributed by atoms with Gasteiger partial charge < -0.3 is 9.47 Å². The Morgan fingerprint density at radius 2 is 1.83 bits per heavy atom. The van der Waals surface area contributed by atoms with Gasteiger partial charge in [-0.25, -0.2) is 4.39 Å². The number of halogens is 1.